The van der Waals surface area contributed by atoms with Crippen LogP contribution in [-0.4, -0.2) is 6.54 Å². The lowest BCUT2D eigenvalue weighted by Crippen LogP contribution is -2.21. The van der Waals surface area contributed by atoms with Gasteiger partial charge in [-0.1, -0.05) is 48.8 Å². The van der Waals surface area contributed by atoms with E-state index in [1.165, 1.54) is 34.0 Å². The number of anilines is 2. The maximum absolute atomic E-state index is 6.17. The maximum atomic E-state index is 6.17. The minimum Gasteiger partial charge on any atom is -0.340 e. The van der Waals surface area contributed by atoms with Crippen LogP contribution in [0.4, 0.5) is 11.4 Å². The summed E-state index contributed by atoms with van der Waals surface area (Å²) in [5.41, 5.74) is 2.54. The minimum absolute atomic E-state index is 0.806. The predicted octanol–water partition coefficient (Wildman–Crippen LogP) is 5.74. The third kappa shape index (κ3) is 2.47. The van der Waals surface area contributed by atoms with E-state index in [0.717, 1.165) is 11.6 Å². The van der Waals surface area contributed by atoms with Gasteiger partial charge in [0.1, 0.15) is 0 Å². The topological polar surface area (TPSA) is 3.24 Å². The van der Waals surface area contributed by atoms with Gasteiger partial charge in [0.15, 0.2) is 0 Å². The monoisotopic (exact) mass is 289 g/mol. The maximum Gasteiger partial charge on any atom is 0.0567 e. The fraction of sp³-hybridized carbons (Fsp3) is 0.250. The number of rotatable bonds is 3. The molecule has 0 aliphatic carbocycles. The number of fused-ring (bicyclic) bond motifs is 2. The first kappa shape index (κ1) is 12.9. The molecule has 0 amide bonds. The van der Waals surface area contributed by atoms with Gasteiger partial charge < -0.3 is 4.90 Å². The standard InChI is InChI=1S/C16H16ClNS/c1-2-3-10-18-13-6-4-5-7-15(13)19-16-9-8-12(17)11-14(16)18/h4-9,11H,2-3,10H2,1H3. The second kappa shape index (κ2) is 5.48. The second-order valence-corrected chi connectivity index (χ2v) is 6.21. The van der Waals surface area contributed by atoms with Crippen LogP contribution in [0.25, 0.3) is 0 Å². The molecule has 1 nitrogen and oxygen atoms in total. The van der Waals surface area contributed by atoms with Crippen LogP contribution in [0.5, 0.6) is 0 Å². The molecular formula is C16H16ClNS. The summed E-state index contributed by atoms with van der Waals surface area (Å²) in [5, 5.41) is 0.806. The molecule has 2 aromatic carbocycles. The van der Waals surface area contributed by atoms with Gasteiger partial charge in [-0.15, -0.1) is 0 Å². The third-order valence-corrected chi connectivity index (χ3v) is 4.69. The Morgan fingerprint density at radius 1 is 1.05 bits per heavy atom. The average molecular weight is 290 g/mol. The molecule has 0 spiro atoms. The van der Waals surface area contributed by atoms with Crippen molar-refractivity contribution in [2.45, 2.75) is 29.6 Å². The zero-order valence-electron chi connectivity index (χ0n) is 10.9. The summed E-state index contributed by atoms with van der Waals surface area (Å²) in [7, 11) is 0. The van der Waals surface area contributed by atoms with E-state index in [1.54, 1.807) is 0 Å². The Labute approximate surface area is 123 Å². The lowest BCUT2D eigenvalue weighted by molar-refractivity contribution is 0.777. The highest BCUT2D eigenvalue weighted by Crippen LogP contribution is 2.48. The zero-order valence-corrected chi connectivity index (χ0v) is 12.5. The van der Waals surface area contributed by atoms with Crippen molar-refractivity contribution >= 4 is 34.7 Å². The summed E-state index contributed by atoms with van der Waals surface area (Å²) in [5.74, 6) is 0. The molecule has 0 unspecified atom stereocenters. The van der Waals surface area contributed by atoms with Gasteiger partial charge in [-0.05, 0) is 36.8 Å². The number of unbranched alkanes of at least 4 members (excludes halogenated alkanes) is 1. The second-order valence-electron chi connectivity index (χ2n) is 4.69. The van der Waals surface area contributed by atoms with E-state index >= 15 is 0 Å². The highest BCUT2D eigenvalue weighted by atomic mass is 35.5. The van der Waals surface area contributed by atoms with Crippen molar-refractivity contribution in [3.05, 3.63) is 47.5 Å². The molecule has 0 saturated carbocycles. The van der Waals surface area contributed by atoms with Crippen molar-refractivity contribution in [1.29, 1.82) is 0 Å². The molecule has 0 N–H and O–H groups in total. The molecule has 98 valence electrons. The highest BCUT2D eigenvalue weighted by Gasteiger charge is 2.22. The van der Waals surface area contributed by atoms with E-state index < -0.39 is 0 Å². The quantitative estimate of drug-likeness (QED) is 0.708. The molecule has 3 heteroatoms. The first-order valence-electron chi connectivity index (χ1n) is 6.63. The molecule has 0 saturated heterocycles. The van der Waals surface area contributed by atoms with Gasteiger partial charge in [0.05, 0.1) is 11.4 Å². The Bertz CT molecular complexity index is 597. The van der Waals surface area contributed by atoms with Crippen molar-refractivity contribution < 1.29 is 0 Å². The number of benzene rings is 2. The molecule has 0 aromatic heterocycles. The summed E-state index contributed by atoms with van der Waals surface area (Å²) < 4.78 is 0. The van der Waals surface area contributed by atoms with Crippen molar-refractivity contribution in [1.82, 2.24) is 0 Å². The van der Waals surface area contributed by atoms with Gasteiger partial charge in [0.2, 0.25) is 0 Å². The first-order chi connectivity index (χ1) is 9.29. The molecular weight excluding hydrogens is 274 g/mol. The summed E-state index contributed by atoms with van der Waals surface area (Å²) in [6.45, 7) is 3.27. The van der Waals surface area contributed by atoms with Gasteiger partial charge in [0.25, 0.3) is 0 Å². The Hall–Kier alpha value is -1.12. The lowest BCUT2D eigenvalue weighted by atomic mass is 10.2. The highest BCUT2D eigenvalue weighted by molar-refractivity contribution is 7.99. The average Bonchev–Trinajstić information content (AvgIpc) is 2.44. The van der Waals surface area contributed by atoms with E-state index in [2.05, 4.69) is 48.2 Å². The molecule has 3 rings (SSSR count). The number of nitrogens with zero attached hydrogens (tertiary/aromatic N) is 1. The van der Waals surface area contributed by atoms with Gasteiger partial charge in [-0.2, -0.15) is 0 Å². The number of halogens is 1. The summed E-state index contributed by atoms with van der Waals surface area (Å²) >= 11 is 8.00. The van der Waals surface area contributed by atoms with Gasteiger partial charge in [0, 0.05) is 21.4 Å². The molecule has 0 radical (unpaired) electrons. The third-order valence-electron chi connectivity index (χ3n) is 3.32. The fourth-order valence-corrected chi connectivity index (χ4v) is 3.60. The van der Waals surface area contributed by atoms with Gasteiger partial charge in [-0.3, -0.25) is 0 Å². The van der Waals surface area contributed by atoms with Crippen LogP contribution in [0.1, 0.15) is 19.8 Å². The number of para-hydroxylation sites is 1. The Balaban J connectivity index is 2.08. The molecule has 0 atom stereocenters. The van der Waals surface area contributed by atoms with Crippen LogP contribution in [-0.2, 0) is 0 Å². The normalized spacial score (nSPS) is 13.1. The largest absolute Gasteiger partial charge is 0.340 e. The van der Waals surface area contributed by atoms with E-state index in [-0.39, 0.29) is 0 Å². The van der Waals surface area contributed by atoms with Crippen LogP contribution in [0.15, 0.2) is 52.3 Å². The van der Waals surface area contributed by atoms with E-state index in [0.29, 0.717) is 0 Å². The number of hydrogen-bond donors (Lipinski definition) is 0. The molecule has 2 aromatic rings. The van der Waals surface area contributed by atoms with Crippen molar-refractivity contribution in [3.8, 4) is 0 Å². The van der Waals surface area contributed by atoms with Crippen LogP contribution < -0.4 is 4.90 Å². The van der Waals surface area contributed by atoms with E-state index in [1.807, 2.05) is 17.8 Å². The Morgan fingerprint density at radius 2 is 1.84 bits per heavy atom. The van der Waals surface area contributed by atoms with Crippen LogP contribution >= 0.6 is 23.4 Å². The molecule has 1 aliphatic heterocycles. The fourth-order valence-electron chi connectivity index (χ4n) is 2.36. The predicted molar refractivity (Wildman–Crippen MR) is 83.9 cm³/mol. The SMILES string of the molecule is CCCCN1c2ccccc2Sc2ccc(Cl)cc21. The van der Waals surface area contributed by atoms with Crippen LogP contribution in [0, 0.1) is 0 Å². The van der Waals surface area contributed by atoms with Crippen LogP contribution in [0.3, 0.4) is 0 Å². The van der Waals surface area contributed by atoms with Gasteiger partial charge in [-0.25, -0.2) is 0 Å². The van der Waals surface area contributed by atoms with E-state index in [4.69, 9.17) is 11.6 Å². The first-order valence-corrected chi connectivity index (χ1v) is 7.83. The van der Waals surface area contributed by atoms with Crippen LogP contribution in [0.2, 0.25) is 5.02 Å². The summed E-state index contributed by atoms with van der Waals surface area (Å²) in [4.78, 5) is 5.02. The van der Waals surface area contributed by atoms with Crippen molar-refractivity contribution in [3.63, 3.8) is 0 Å². The Kier molecular flexibility index (Phi) is 3.72. The molecule has 19 heavy (non-hydrogen) atoms. The molecule has 1 aliphatic rings. The van der Waals surface area contributed by atoms with Crippen molar-refractivity contribution in [2.75, 3.05) is 11.4 Å². The van der Waals surface area contributed by atoms with Gasteiger partial charge >= 0.3 is 0 Å². The molecule has 0 bridgehead atoms. The van der Waals surface area contributed by atoms with E-state index in [9.17, 15) is 0 Å². The Morgan fingerprint density at radius 3 is 2.68 bits per heavy atom. The zero-order chi connectivity index (χ0) is 13.2. The number of hydrogen-bond acceptors (Lipinski definition) is 2. The summed E-state index contributed by atoms with van der Waals surface area (Å²) in [6.07, 6.45) is 2.38. The summed E-state index contributed by atoms with van der Waals surface area (Å²) in [6, 6.07) is 14.8. The molecule has 1 heterocycles. The smallest absolute Gasteiger partial charge is 0.0567 e. The lowest BCUT2D eigenvalue weighted by Gasteiger charge is -2.32. The molecule has 0 fully saturated rings. The minimum atomic E-state index is 0.806. The van der Waals surface area contributed by atoms with Crippen molar-refractivity contribution in [2.24, 2.45) is 0 Å².